The number of carbonyl (C=O) groups is 2. The first-order valence-corrected chi connectivity index (χ1v) is 12.9. The second-order valence-electron chi connectivity index (χ2n) is 8.09. The van der Waals surface area contributed by atoms with Gasteiger partial charge in [0, 0.05) is 27.4 Å². The monoisotopic (exact) mass is 485 g/mol. The summed E-state index contributed by atoms with van der Waals surface area (Å²) in [5.41, 5.74) is 3.55. The summed E-state index contributed by atoms with van der Waals surface area (Å²) in [6, 6.07) is 27.3. The van der Waals surface area contributed by atoms with Gasteiger partial charge in [0.15, 0.2) is 5.13 Å². The molecule has 3 aromatic carbocycles. The molecule has 0 radical (unpaired) electrons. The Morgan fingerprint density at radius 1 is 0.882 bits per heavy atom. The number of nitrogens with zero attached hydrogens (tertiary/aromatic N) is 1. The summed E-state index contributed by atoms with van der Waals surface area (Å²) < 4.78 is 0. The van der Waals surface area contributed by atoms with Crippen LogP contribution in [0.25, 0.3) is 11.3 Å². The van der Waals surface area contributed by atoms with Gasteiger partial charge in [-0.05, 0) is 42.7 Å². The average molecular weight is 486 g/mol. The molecular weight excluding hydrogens is 462 g/mol. The number of rotatable bonds is 8. The molecule has 1 fully saturated rings. The van der Waals surface area contributed by atoms with E-state index in [4.69, 9.17) is 0 Å². The van der Waals surface area contributed by atoms with E-state index in [0.717, 1.165) is 40.2 Å². The molecule has 1 aromatic heterocycles. The molecule has 1 unspecified atom stereocenters. The Morgan fingerprint density at radius 2 is 1.56 bits per heavy atom. The summed E-state index contributed by atoms with van der Waals surface area (Å²) in [4.78, 5) is 30.9. The highest BCUT2D eigenvalue weighted by molar-refractivity contribution is 8.00. The molecule has 1 aliphatic rings. The molecular formula is C27H23N3O2S2. The second kappa shape index (κ2) is 10.2. The first-order valence-electron chi connectivity index (χ1n) is 11.1. The Bertz CT molecular complexity index is 1270. The van der Waals surface area contributed by atoms with Crippen molar-refractivity contribution < 1.29 is 9.59 Å². The maximum absolute atomic E-state index is 13.3. The molecule has 34 heavy (non-hydrogen) atoms. The van der Waals surface area contributed by atoms with Gasteiger partial charge in [0.25, 0.3) is 0 Å². The lowest BCUT2D eigenvalue weighted by atomic mass is 10.1. The molecule has 2 amide bonds. The van der Waals surface area contributed by atoms with Crippen LogP contribution in [0.5, 0.6) is 0 Å². The van der Waals surface area contributed by atoms with Crippen molar-refractivity contribution in [2.75, 3.05) is 10.6 Å². The van der Waals surface area contributed by atoms with E-state index in [-0.39, 0.29) is 17.7 Å². The molecule has 2 N–H and O–H groups in total. The molecule has 4 aromatic rings. The predicted octanol–water partition coefficient (Wildman–Crippen LogP) is 6.63. The lowest BCUT2D eigenvalue weighted by molar-refractivity contribution is -0.117. The summed E-state index contributed by atoms with van der Waals surface area (Å²) in [6.07, 6.45) is 1.94. The lowest BCUT2D eigenvalue weighted by Crippen LogP contribution is -2.19. The van der Waals surface area contributed by atoms with Crippen LogP contribution in [0.1, 0.15) is 23.7 Å². The molecule has 1 saturated carbocycles. The highest BCUT2D eigenvalue weighted by Crippen LogP contribution is 2.37. The van der Waals surface area contributed by atoms with Gasteiger partial charge in [-0.3, -0.25) is 9.59 Å². The molecule has 0 saturated heterocycles. The maximum atomic E-state index is 13.3. The van der Waals surface area contributed by atoms with E-state index in [9.17, 15) is 9.59 Å². The highest BCUT2D eigenvalue weighted by Gasteiger charge is 2.29. The van der Waals surface area contributed by atoms with Crippen LogP contribution in [0.15, 0.2) is 95.2 Å². The zero-order valence-electron chi connectivity index (χ0n) is 18.3. The van der Waals surface area contributed by atoms with E-state index in [1.807, 2.05) is 90.3 Å². The molecule has 0 bridgehead atoms. The molecule has 1 aliphatic carbocycles. The number of anilines is 2. The predicted molar refractivity (Wildman–Crippen MR) is 139 cm³/mol. The number of hydrogen-bond acceptors (Lipinski definition) is 5. The molecule has 170 valence electrons. The maximum Gasteiger partial charge on any atom is 0.244 e. The molecule has 0 spiro atoms. The number of amides is 2. The van der Waals surface area contributed by atoms with Gasteiger partial charge in [-0.15, -0.1) is 23.1 Å². The Balaban J connectivity index is 1.31. The highest BCUT2D eigenvalue weighted by atomic mass is 32.2. The van der Waals surface area contributed by atoms with Crippen molar-refractivity contribution in [3.8, 4) is 11.3 Å². The number of carbonyl (C=O) groups excluding carboxylic acids is 2. The molecule has 1 atom stereocenters. The van der Waals surface area contributed by atoms with Gasteiger partial charge >= 0.3 is 0 Å². The Morgan fingerprint density at radius 3 is 2.24 bits per heavy atom. The van der Waals surface area contributed by atoms with Crippen LogP contribution in [0.4, 0.5) is 10.8 Å². The number of nitrogens with one attached hydrogen (secondary N) is 2. The summed E-state index contributed by atoms with van der Waals surface area (Å²) in [7, 11) is 0. The van der Waals surface area contributed by atoms with Gasteiger partial charge in [0.2, 0.25) is 11.8 Å². The van der Waals surface area contributed by atoms with Crippen LogP contribution in [0.2, 0.25) is 0 Å². The number of thiazole rings is 1. The minimum absolute atomic E-state index is 0.0836. The quantitative estimate of drug-likeness (QED) is 0.275. The van der Waals surface area contributed by atoms with Crippen LogP contribution in [-0.4, -0.2) is 16.8 Å². The minimum atomic E-state index is -0.447. The number of hydrogen-bond donors (Lipinski definition) is 2. The fraction of sp³-hybridized carbons (Fsp3) is 0.148. The van der Waals surface area contributed by atoms with Gasteiger partial charge < -0.3 is 10.6 Å². The Hall–Kier alpha value is -3.42. The third-order valence-corrected chi connectivity index (χ3v) is 7.49. The third-order valence-electron chi connectivity index (χ3n) is 5.47. The minimum Gasteiger partial charge on any atom is -0.326 e. The van der Waals surface area contributed by atoms with Crippen LogP contribution < -0.4 is 10.6 Å². The van der Waals surface area contributed by atoms with E-state index in [2.05, 4.69) is 15.6 Å². The Labute approximate surface area is 206 Å². The molecule has 5 rings (SSSR count). The molecule has 0 aliphatic heterocycles. The second-order valence-corrected chi connectivity index (χ2v) is 10.1. The van der Waals surface area contributed by atoms with E-state index in [1.165, 1.54) is 23.1 Å². The fourth-order valence-corrected chi connectivity index (χ4v) is 5.23. The Kier molecular flexibility index (Phi) is 6.74. The van der Waals surface area contributed by atoms with Crippen molar-refractivity contribution in [2.45, 2.75) is 23.0 Å². The van der Waals surface area contributed by atoms with Crippen LogP contribution in [0, 0.1) is 5.92 Å². The van der Waals surface area contributed by atoms with Crippen LogP contribution >= 0.6 is 23.1 Å². The zero-order chi connectivity index (χ0) is 23.3. The lowest BCUT2D eigenvalue weighted by Gasteiger charge is -2.16. The third kappa shape index (κ3) is 5.55. The van der Waals surface area contributed by atoms with Crippen LogP contribution in [-0.2, 0) is 9.59 Å². The van der Waals surface area contributed by atoms with Gasteiger partial charge in [-0.2, -0.15) is 0 Å². The summed E-state index contributed by atoms with van der Waals surface area (Å²) in [5.74, 6) is 0.116. The molecule has 5 nitrogen and oxygen atoms in total. The van der Waals surface area contributed by atoms with E-state index in [1.54, 1.807) is 0 Å². The van der Waals surface area contributed by atoms with Crippen molar-refractivity contribution in [3.05, 3.63) is 95.9 Å². The zero-order valence-corrected chi connectivity index (χ0v) is 19.9. The van der Waals surface area contributed by atoms with Crippen molar-refractivity contribution in [2.24, 2.45) is 5.92 Å². The normalized spacial score (nSPS) is 13.8. The smallest absolute Gasteiger partial charge is 0.244 e. The van der Waals surface area contributed by atoms with Crippen molar-refractivity contribution in [3.63, 3.8) is 0 Å². The van der Waals surface area contributed by atoms with Gasteiger partial charge in [-0.1, -0.05) is 60.7 Å². The van der Waals surface area contributed by atoms with Gasteiger partial charge in [0.05, 0.1) is 5.69 Å². The number of thioether (sulfide) groups is 1. The average Bonchev–Trinajstić information content (AvgIpc) is 3.63. The van der Waals surface area contributed by atoms with E-state index >= 15 is 0 Å². The van der Waals surface area contributed by atoms with Crippen molar-refractivity contribution in [1.82, 2.24) is 4.98 Å². The van der Waals surface area contributed by atoms with Crippen molar-refractivity contribution >= 4 is 45.7 Å². The first-order chi connectivity index (χ1) is 16.7. The first kappa shape index (κ1) is 22.4. The van der Waals surface area contributed by atoms with Crippen LogP contribution in [0.3, 0.4) is 0 Å². The fourth-order valence-electron chi connectivity index (χ4n) is 3.49. The SMILES string of the molecule is O=C(Nc1ccc(SC(C(=O)Nc2nc(-c3ccccc3)cs2)c2ccccc2)cc1)C1CC1. The summed E-state index contributed by atoms with van der Waals surface area (Å²) in [5, 5.41) is 8.03. The summed E-state index contributed by atoms with van der Waals surface area (Å²) >= 11 is 2.88. The van der Waals surface area contributed by atoms with Gasteiger partial charge in [-0.25, -0.2) is 4.98 Å². The largest absolute Gasteiger partial charge is 0.326 e. The van der Waals surface area contributed by atoms with Gasteiger partial charge in [0.1, 0.15) is 5.25 Å². The summed E-state index contributed by atoms with van der Waals surface area (Å²) in [6.45, 7) is 0. The molecule has 1 heterocycles. The number of aromatic nitrogens is 1. The number of benzene rings is 3. The van der Waals surface area contributed by atoms with E-state index in [0.29, 0.717) is 5.13 Å². The standard InChI is InChI=1S/C27H23N3O2S2/c31-25(20-11-12-20)28-21-13-15-22(16-14-21)34-24(19-9-5-2-6-10-19)26(32)30-27-29-23(17-33-27)18-7-3-1-4-8-18/h1-10,13-17,20,24H,11-12H2,(H,28,31)(H,29,30,32). The van der Waals surface area contributed by atoms with E-state index < -0.39 is 5.25 Å². The topological polar surface area (TPSA) is 71.1 Å². The van der Waals surface area contributed by atoms with Crippen molar-refractivity contribution in [1.29, 1.82) is 0 Å². The molecule has 7 heteroatoms.